The van der Waals surface area contributed by atoms with Crippen molar-refractivity contribution < 1.29 is 9.13 Å². The maximum atomic E-state index is 13.0. The van der Waals surface area contributed by atoms with Crippen molar-refractivity contribution >= 4 is 0 Å². The lowest BCUT2D eigenvalue weighted by Gasteiger charge is -2.26. The normalized spacial score (nSPS) is 13.9. The van der Waals surface area contributed by atoms with Gasteiger partial charge in [0.05, 0.1) is 12.1 Å². The van der Waals surface area contributed by atoms with E-state index in [1.54, 1.807) is 12.1 Å². The largest absolute Gasteiger partial charge is 0.494 e. The Hall–Kier alpha value is -1.87. The number of halogens is 1. The highest BCUT2D eigenvalue weighted by atomic mass is 19.1. The van der Waals surface area contributed by atoms with E-state index in [4.69, 9.17) is 10.5 Å². The van der Waals surface area contributed by atoms with Gasteiger partial charge in [-0.15, -0.1) is 0 Å². The van der Waals surface area contributed by atoms with Crippen LogP contribution in [0.5, 0.6) is 5.75 Å². The Morgan fingerprint density at radius 3 is 2.42 bits per heavy atom. The minimum Gasteiger partial charge on any atom is -0.494 e. The van der Waals surface area contributed by atoms with Crippen molar-refractivity contribution in [3.63, 3.8) is 0 Å². The van der Waals surface area contributed by atoms with Crippen LogP contribution in [0.4, 0.5) is 4.39 Å². The van der Waals surface area contributed by atoms with Gasteiger partial charge in [0.15, 0.2) is 0 Å². The summed E-state index contributed by atoms with van der Waals surface area (Å²) < 4.78 is 18.5. The topological polar surface area (TPSA) is 35.2 Å². The summed E-state index contributed by atoms with van der Waals surface area (Å²) in [7, 11) is 0. The number of nitrogens with two attached hydrogens (primary N) is 1. The molecule has 3 heteroatoms. The lowest BCUT2D eigenvalue weighted by molar-refractivity contribution is 0.339. The van der Waals surface area contributed by atoms with E-state index in [2.05, 4.69) is 0 Å². The minimum absolute atomic E-state index is 0.261. The van der Waals surface area contributed by atoms with Gasteiger partial charge in [0.25, 0.3) is 0 Å². The molecule has 1 unspecified atom stereocenters. The molecule has 0 spiro atoms. The Morgan fingerprint density at radius 2 is 1.79 bits per heavy atom. The lowest BCUT2D eigenvalue weighted by Crippen LogP contribution is -2.34. The van der Waals surface area contributed by atoms with E-state index in [0.29, 0.717) is 6.61 Å². The second-order valence-corrected chi connectivity index (χ2v) is 4.67. The third kappa shape index (κ3) is 2.93. The molecule has 2 N–H and O–H groups in total. The highest BCUT2D eigenvalue weighted by Gasteiger charge is 2.24. The SMILES string of the molecule is CCOc1cccc(C(C)(N)c2ccc(F)cc2)c1. The zero-order valence-corrected chi connectivity index (χ0v) is 11.2. The molecule has 0 aliphatic carbocycles. The number of hydrogen-bond donors (Lipinski definition) is 1. The smallest absolute Gasteiger partial charge is 0.123 e. The third-order valence-corrected chi connectivity index (χ3v) is 3.19. The molecule has 1 atom stereocenters. The Kier molecular flexibility index (Phi) is 3.86. The maximum absolute atomic E-state index is 13.0. The molecule has 2 nitrogen and oxygen atoms in total. The zero-order valence-electron chi connectivity index (χ0n) is 11.2. The molecule has 0 aliphatic rings. The zero-order chi connectivity index (χ0) is 13.9. The second kappa shape index (κ2) is 5.41. The average Bonchev–Trinajstić information content (AvgIpc) is 2.40. The van der Waals surface area contributed by atoms with E-state index in [9.17, 15) is 4.39 Å². The van der Waals surface area contributed by atoms with Gasteiger partial charge in [0.2, 0.25) is 0 Å². The molecule has 0 radical (unpaired) electrons. The van der Waals surface area contributed by atoms with Crippen LogP contribution in [0.25, 0.3) is 0 Å². The van der Waals surface area contributed by atoms with E-state index in [1.807, 2.05) is 38.1 Å². The van der Waals surface area contributed by atoms with Crippen molar-refractivity contribution in [2.45, 2.75) is 19.4 Å². The van der Waals surface area contributed by atoms with Crippen molar-refractivity contribution in [2.75, 3.05) is 6.61 Å². The molecule has 2 aromatic carbocycles. The molecule has 0 heterocycles. The predicted molar refractivity (Wildman–Crippen MR) is 74.7 cm³/mol. The van der Waals surface area contributed by atoms with Gasteiger partial charge in [-0.25, -0.2) is 4.39 Å². The molecule has 0 bridgehead atoms. The number of ether oxygens (including phenoxy) is 1. The molecule has 2 rings (SSSR count). The molecule has 0 aromatic heterocycles. The van der Waals surface area contributed by atoms with Crippen molar-refractivity contribution in [1.82, 2.24) is 0 Å². The van der Waals surface area contributed by atoms with Crippen LogP contribution in [-0.2, 0) is 5.54 Å². The average molecular weight is 259 g/mol. The molecule has 0 aliphatic heterocycles. The van der Waals surface area contributed by atoms with Gasteiger partial charge >= 0.3 is 0 Å². The van der Waals surface area contributed by atoms with E-state index >= 15 is 0 Å². The Morgan fingerprint density at radius 1 is 1.11 bits per heavy atom. The van der Waals surface area contributed by atoms with Crippen LogP contribution in [0, 0.1) is 5.82 Å². The van der Waals surface area contributed by atoms with Crippen LogP contribution in [0.3, 0.4) is 0 Å². The predicted octanol–water partition coefficient (Wildman–Crippen LogP) is 3.45. The summed E-state index contributed by atoms with van der Waals surface area (Å²) in [6.45, 7) is 4.46. The van der Waals surface area contributed by atoms with E-state index in [1.165, 1.54) is 12.1 Å². The Bertz CT molecular complexity index is 549. The Balaban J connectivity index is 2.37. The van der Waals surface area contributed by atoms with Gasteiger partial charge in [0, 0.05) is 0 Å². The standard InChI is InChI=1S/C16H18FNO/c1-3-19-15-6-4-5-13(11-15)16(2,18)12-7-9-14(17)10-8-12/h4-11H,3,18H2,1-2H3. The van der Waals surface area contributed by atoms with Crippen LogP contribution in [0.15, 0.2) is 48.5 Å². The summed E-state index contributed by atoms with van der Waals surface area (Å²) in [5.41, 5.74) is 7.52. The fourth-order valence-corrected chi connectivity index (χ4v) is 2.04. The molecule has 0 saturated carbocycles. The monoisotopic (exact) mass is 259 g/mol. The molecule has 2 aromatic rings. The van der Waals surface area contributed by atoms with Crippen LogP contribution in [0.1, 0.15) is 25.0 Å². The first kappa shape index (κ1) is 13.6. The van der Waals surface area contributed by atoms with Gasteiger partial charge in [0.1, 0.15) is 11.6 Å². The molecule has 19 heavy (non-hydrogen) atoms. The van der Waals surface area contributed by atoms with Crippen molar-refractivity contribution in [3.05, 3.63) is 65.5 Å². The van der Waals surface area contributed by atoms with Gasteiger partial charge in [-0.05, 0) is 49.2 Å². The molecule has 0 fully saturated rings. The summed E-state index contributed by atoms with van der Waals surface area (Å²) in [5.74, 6) is 0.529. The van der Waals surface area contributed by atoms with Gasteiger partial charge in [-0.2, -0.15) is 0 Å². The highest BCUT2D eigenvalue weighted by Crippen LogP contribution is 2.29. The van der Waals surface area contributed by atoms with Crippen molar-refractivity contribution in [2.24, 2.45) is 5.73 Å². The van der Waals surface area contributed by atoms with Gasteiger partial charge in [-0.3, -0.25) is 0 Å². The van der Waals surface area contributed by atoms with Gasteiger partial charge < -0.3 is 10.5 Å². The lowest BCUT2D eigenvalue weighted by atomic mass is 9.85. The van der Waals surface area contributed by atoms with E-state index in [-0.39, 0.29) is 5.82 Å². The van der Waals surface area contributed by atoms with E-state index in [0.717, 1.165) is 16.9 Å². The minimum atomic E-state index is -0.680. The molecule has 0 amide bonds. The summed E-state index contributed by atoms with van der Waals surface area (Å²) in [6.07, 6.45) is 0. The fourth-order valence-electron chi connectivity index (χ4n) is 2.04. The first-order valence-electron chi connectivity index (χ1n) is 6.32. The summed E-state index contributed by atoms with van der Waals surface area (Å²) in [4.78, 5) is 0. The van der Waals surface area contributed by atoms with Crippen LogP contribution >= 0.6 is 0 Å². The third-order valence-electron chi connectivity index (χ3n) is 3.19. The number of hydrogen-bond acceptors (Lipinski definition) is 2. The summed E-state index contributed by atoms with van der Waals surface area (Å²) in [5, 5.41) is 0. The fraction of sp³-hybridized carbons (Fsp3) is 0.250. The molecule has 100 valence electrons. The first-order chi connectivity index (χ1) is 9.04. The molecular weight excluding hydrogens is 241 g/mol. The van der Waals surface area contributed by atoms with E-state index < -0.39 is 5.54 Å². The number of benzene rings is 2. The molecule has 0 saturated heterocycles. The van der Waals surface area contributed by atoms with Crippen LogP contribution in [0.2, 0.25) is 0 Å². The first-order valence-corrected chi connectivity index (χ1v) is 6.32. The Labute approximate surface area is 113 Å². The van der Waals surface area contributed by atoms with Crippen LogP contribution in [-0.4, -0.2) is 6.61 Å². The van der Waals surface area contributed by atoms with Crippen LogP contribution < -0.4 is 10.5 Å². The maximum Gasteiger partial charge on any atom is 0.123 e. The summed E-state index contributed by atoms with van der Waals surface area (Å²) >= 11 is 0. The van der Waals surface area contributed by atoms with Gasteiger partial charge in [-0.1, -0.05) is 24.3 Å². The second-order valence-electron chi connectivity index (χ2n) is 4.67. The summed E-state index contributed by atoms with van der Waals surface area (Å²) in [6, 6.07) is 14.0. The van der Waals surface area contributed by atoms with Crippen molar-refractivity contribution in [1.29, 1.82) is 0 Å². The molecular formula is C16H18FNO. The highest BCUT2D eigenvalue weighted by molar-refractivity contribution is 5.40. The van der Waals surface area contributed by atoms with Crippen molar-refractivity contribution in [3.8, 4) is 5.75 Å². The number of rotatable bonds is 4. The quantitative estimate of drug-likeness (QED) is 0.912.